The summed E-state index contributed by atoms with van der Waals surface area (Å²) in [6, 6.07) is 0.410. The smallest absolute Gasteiger partial charge is 0.256 e. The summed E-state index contributed by atoms with van der Waals surface area (Å²) in [6.45, 7) is 6.92. The summed E-state index contributed by atoms with van der Waals surface area (Å²) in [6.07, 6.45) is 4.45. The van der Waals surface area contributed by atoms with E-state index in [-0.39, 0.29) is 11.7 Å². The standard InChI is InChI=1S/C19H27N3O3/c1-13-17(18-15(20-13)5-2-6-16(18)23)19(24)22-7-3-4-14(12-22)21-8-10-25-11-9-21/h14,20H,2-12H2,1H3. The second-order valence-electron chi connectivity index (χ2n) is 7.45. The van der Waals surface area contributed by atoms with Crippen LogP contribution in [0.4, 0.5) is 0 Å². The van der Waals surface area contributed by atoms with E-state index in [0.717, 1.165) is 76.5 Å². The third-order valence-electron chi connectivity index (χ3n) is 5.83. The molecule has 0 spiro atoms. The van der Waals surface area contributed by atoms with Crippen molar-refractivity contribution in [2.75, 3.05) is 39.4 Å². The number of piperidine rings is 1. The Morgan fingerprint density at radius 3 is 2.76 bits per heavy atom. The number of ether oxygens (including phenoxy) is 1. The van der Waals surface area contributed by atoms with E-state index in [2.05, 4.69) is 9.88 Å². The van der Waals surface area contributed by atoms with E-state index in [1.54, 1.807) is 0 Å². The molecule has 1 aromatic heterocycles. The van der Waals surface area contributed by atoms with E-state index in [1.165, 1.54) is 0 Å². The first kappa shape index (κ1) is 16.8. The van der Waals surface area contributed by atoms with Gasteiger partial charge in [-0.15, -0.1) is 0 Å². The van der Waals surface area contributed by atoms with Gasteiger partial charge in [-0.2, -0.15) is 0 Å². The van der Waals surface area contributed by atoms with Crippen LogP contribution in [0.1, 0.15) is 57.8 Å². The zero-order chi connectivity index (χ0) is 17.4. The molecule has 1 N–H and O–H groups in total. The molecular weight excluding hydrogens is 318 g/mol. The Morgan fingerprint density at radius 1 is 1.16 bits per heavy atom. The van der Waals surface area contributed by atoms with Crippen LogP contribution in [0, 0.1) is 6.92 Å². The van der Waals surface area contributed by atoms with Crippen molar-refractivity contribution in [2.24, 2.45) is 0 Å². The summed E-state index contributed by atoms with van der Waals surface area (Å²) >= 11 is 0. The lowest BCUT2D eigenvalue weighted by Gasteiger charge is -2.41. The van der Waals surface area contributed by atoms with Crippen molar-refractivity contribution in [1.29, 1.82) is 0 Å². The number of aromatic amines is 1. The highest BCUT2D eigenvalue weighted by Crippen LogP contribution is 2.29. The summed E-state index contributed by atoms with van der Waals surface area (Å²) in [5.41, 5.74) is 3.10. The maximum absolute atomic E-state index is 13.2. The largest absolute Gasteiger partial charge is 0.379 e. The Hall–Kier alpha value is -1.66. The first-order chi connectivity index (χ1) is 12.1. The number of nitrogens with one attached hydrogen (secondary N) is 1. The second-order valence-corrected chi connectivity index (χ2v) is 7.45. The van der Waals surface area contributed by atoms with Crippen molar-refractivity contribution in [2.45, 2.75) is 45.1 Å². The Balaban J connectivity index is 1.55. The molecule has 0 aromatic carbocycles. The number of rotatable bonds is 2. The van der Waals surface area contributed by atoms with Gasteiger partial charge in [0.25, 0.3) is 5.91 Å². The third kappa shape index (κ3) is 3.13. The Morgan fingerprint density at radius 2 is 1.96 bits per heavy atom. The molecule has 1 amide bonds. The molecule has 2 aliphatic heterocycles. The molecular formula is C19H27N3O3. The van der Waals surface area contributed by atoms with Gasteiger partial charge >= 0.3 is 0 Å². The lowest BCUT2D eigenvalue weighted by molar-refractivity contribution is -0.00123. The number of hydrogen-bond donors (Lipinski definition) is 1. The predicted octanol–water partition coefficient (Wildman–Crippen LogP) is 1.78. The molecule has 1 atom stereocenters. The van der Waals surface area contributed by atoms with Gasteiger partial charge in [0.2, 0.25) is 0 Å². The highest BCUT2D eigenvalue weighted by molar-refractivity contribution is 6.10. The van der Waals surface area contributed by atoms with Crippen LogP contribution in [0.5, 0.6) is 0 Å². The lowest BCUT2D eigenvalue weighted by atomic mass is 9.92. The van der Waals surface area contributed by atoms with E-state index >= 15 is 0 Å². The van der Waals surface area contributed by atoms with Crippen LogP contribution in [-0.2, 0) is 11.2 Å². The number of carbonyl (C=O) groups is 2. The quantitative estimate of drug-likeness (QED) is 0.887. The van der Waals surface area contributed by atoms with Crippen LogP contribution >= 0.6 is 0 Å². The normalized spacial score (nSPS) is 25.1. The number of amides is 1. The number of carbonyl (C=O) groups excluding carboxylic acids is 2. The Kier molecular flexibility index (Phi) is 4.65. The molecule has 6 nitrogen and oxygen atoms in total. The number of Topliss-reactive ketones (excluding diaryl/α,β-unsaturated/α-hetero) is 1. The van der Waals surface area contributed by atoms with E-state index in [9.17, 15) is 9.59 Å². The average Bonchev–Trinajstić information content (AvgIpc) is 2.99. The van der Waals surface area contributed by atoms with Crippen LogP contribution in [0.25, 0.3) is 0 Å². The van der Waals surface area contributed by atoms with Gasteiger partial charge in [-0.3, -0.25) is 14.5 Å². The molecule has 25 heavy (non-hydrogen) atoms. The van der Waals surface area contributed by atoms with Crippen molar-refractivity contribution in [3.05, 3.63) is 22.5 Å². The van der Waals surface area contributed by atoms with Gasteiger partial charge < -0.3 is 14.6 Å². The average molecular weight is 345 g/mol. The molecule has 6 heteroatoms. The van der Waals surface area contributed by atoms with Gasteiger partial charge in [0.1, 0.15) is 0 Å². The lowest BCUT2D eigenvalue weighted by Crippen LogP contribution is -2.52. The minimum absolute atomic E-state index is 0.0307. The fourth-order valence-corrected chi connectivity index (χ4v) is 4.54. The summed E-state index contributed by atoms with van der Waals surface area (Å²) in [5.74, 6) is 0.152. The molecule has 1 unspecified atom stereocenters. The minimum atomic E-state index is 0.0307. The Bertz CT molecular complexity index is 676. The van der Waals surface area contributed by atoms with E-state index in [4.69, 9.17) is 4.74 Å². The number of morpholine rings is 1. The molecule has 3 aliphatic rings. The maximum atomic E-state index is 13.2. The number of likely N-dealkylation sites (tertiary alicyclic amines) is 1. The van der Waals surface area contributed by atoms with E-state index < -0.39 is 0 Å². The predicted molar refractivity (Wildman–Crippen MR) is 94.1 cm³/mol. The van der Waals surface area contributed by atoms with Gasteiger partial charge in [-0.1, -0.05) is 0 Å². The Labute approximate surface area is 148 Å². The number of H-pyrrole nitrogens is 1. The molecule has 2 fully saturated rings. The van der Waals surface area contributed by atoms with Crippen molar-refractivity contribution < 1.29 is 14.3 Å². The van der Waals surface area contributed by atoms with Crippen LogP contribution in [-0.4, -0.2) is 71.9 Å². The number of hydrogen-bond acceptors (Lipinski definition) is 4. The van der Waals surface area contributed by atoms with Crippen LogP contribution in [0.2, 0.25) is 0 Å². The molecule has 0 saturated carbocycles. The number of fused-ring (bicyclic) bond motifs is 1. The van der Waals surface area contributed by atoms with Gasteiger partial charge in [0, 0.05) is 50.0 Å². The summed E-state index contributed by atoms with van der Waals surface area (Å²) in [4.78, 5) is 33.4. The summed E-state index contributed by atoms with van der Waals surface area (Å²) in [7, 11) is 0. The molecule has 1 aromatic rings. The number of aryl methyl sites for hydroxylation is 2. The first-order valence-electron chi connectivity index (χ1n) is 9.51. The minimum Gasteiger partial charge on any atom is -0.379 e. The van der Waals surface area contributed by atoms with Gasteiger partial charge in [-0.25, -0.2) is 0 Å². The monoisotopic (exact) mass is 345 g/mol. The van der Waals surface area contributed by atoms with Crippen LogP contribution in [0.15, 0.2) is 0 Å². The molecule has 0 radical (unpaired) electrons. The van der Waals surface area contributed by atoms with Gasteiger partial charge in [0.15, 0.2) is 5.78 Å². The van der Waals surface area contributed by atoms with Gasteiger partial charge in [0.05, 0.1) is 24.3 Å². The third-order valence-corrected chi connectivity index (χ3v) is 5.83. The van der Waals surface area contributed by atoms with Crippen molar-refractivity contribution in [3.8, 4) is 0 Å². The second kappa shape index (κ2) is 6.92. The van der Waals surface area contributed by atoms with Crippen LogP contribution in [0.3, 0.4) is 0 Å². The van der Waals surface area contributed by atoms with Crippen molar-refractivity contribution in [3.63, 3.8) is 0 Å². The number of aromatic nitrogens is 1. The zero-order valence-corrected chi connectivity index (χ0v) is 15.0. The van der Waals surface area contributed by atoms with Gasteiger partial charge in [-0.05, 0) is 32.6 Å². The number of ketones is 1. The highest BCUT2D eigenvalue weighted by atomic mass is 16.5. The van der Waals surface area contributed by atoms with Crippen molar-refractivity contribution >= 4 is 11.7 Å². The van der Waals surface area contributed by atoms with E-state index in [0.29, 0.717) is 23.6 Å². The molecule has 3 heterocycles. The summed E-state index contributed by atoms with van der Waals surface area (Å²) < 4.78 is 5.45. The van der Waals surface area contributed by atoms with Crippen LogP contribution < -0.4 is 0 Å². The summed E-state index contributed by atoms with van der Waals surface area (Å²) in [5, 5.41) is 0. The zero-order valence-electron chi connectivity index (χ0n) is 15.0. The molecule has 2 saturated heterocycles. The SMILES string of the molecule is Cc1[nH]c2c(c1C(=O)N1CCCC(N3CCOCC3)C1)C(=O)CCC2. The maximum Gasteiger partial charge on any atom is 0.256 e. The van der Waals surface area contributed by atoms with E-state index in [1.807, 2.05) is 11.8 Å². The van der Waals surface area contributed by atoms with Crippen molar-refractivity contribution in [1.82, 2.24) is 14.8 Å². The highest BCUT2D eigenvalue weighted by Gasteiger charge is 2.34. The molecule has 0 bridgehead atoms. The molecule has 1 aliphatic carbocycles. The fourth-order valence-electron chi connectivity index (χ4n) is 4.54. The fraction of sp³-hybridized carbons (Fsp3) is 0.684. The molecule has 4 rings (SSSR count). The first-order valence-corrected chi connectivity index (χ1v) is 9.51. The number of nitrogens with zero attached hydrogens (tertiary/aromatic N) is 2. The topological polar surface area (TPSA) is 65.6 Å². The molecule has 136 valence electrons.